The van der Waals surface area contributed by atoms with Gasteiger partial charge in [0.2, 0.25) is 0 Å². The minimum atomic E-state index is -4.64. The molecule has 8 heteroatoms. The van der Waals surface area contributed by atoms with Gasteiger partial charge in [0.05, 0.1) is 16.1 Å². The largest absolute Gasteiger partial charge is 0.416 e. The molecule has 0 N–H and O–H groups in total. The first kappa shape index (κ1) is 18.4. The number of ketones is 1. The molecular weight excluding hydrogens is 367 g/mol. The summed E-state index contributed by atoms with van der Waals surface area (Å²) in [6, 6.07) is 8.41. The molecule has 0 aromatic heterocycles. The highest BCUT2D eigenvalue weighted by molar-refractivity contribution is 7.92. The van der Waals surface area contributed by atoms with Crippen LogP contribution >= 0.6 is 0 Å². The minimum absolute atomic E-state index is 0.0194. The van der Waals surface area contributed by atoms with E-state index < -0.39 is 26.7 Å². The second-order valence-corrected chi connectivity index (χ2v) is 7.82. The Kier molecular flexibility index (Phi) is 4.56. The van der Waals surface area contributed by atoms with E-state index in [9.17, 15) is 26.4 Å². The maximum atomic E-state index is 12.9. The second-order valence-electron chi connectivity index (χ2n) is 5.96. The van der Waals surface area contributed by atoms with Gasteiger partial charge < -0.3 is 0 Å². The number of carbonyl (C=O) groups excluding carboxylic acids is 1. The number of benzene rings is 2. The molecular formula is C18H16F3NO3S. The summed E-state index contributed by atoms with van der Waals surface area (Å²) >= 11 is 0. The standard InChI is InChI=1S/C18H16F3NO3S/c1-2-22(14-8-6-12-7-9-17(23)16(12)11-14)26(24,25)15-5-3-4-13(10-15)18(19,20)21/h3-6,8,10-11H,2,7,9H2,1H3. The molecule has 0 unspecified atom stereocenters. The molecule has 0 amide bonds. The normalized spacial score (nSPS) is 14.4. The number of alkyl halides is 3. The minimum Gasteiger partial charge on any atom is -0.294 e. The predicted octanol–water partition coefficient (Wildman–Crippen LogP) is 4.05. The molecule has 4 nitrogen and oxygen atoms in total. The monoisotopic (exact) mass is 383 g/mol. The molecule has 0 fully saturated rings. The van der Waals surface area contributed by atoms with Gasteiger partial charge in [0, 0.05) is 18.5 Å². The van der Waals surface area contributed by atoms with E-state index in [4.69, 9.17) is 0 Å². The van der Waals surface area contributed by atoms with E-state index in [1.807, 2.05) is 0 Å². The molecule has 0 bridgehead atoms. The average Bonchev–Trinajstić information content (AvgIpc) is 2.95. The number of Topliss-reactive ketones (excluding diaryl/α,β-unsaturated/α-hetero) is 1. The first-order valence-electron chi connectivity index (χ1n) is 8.00. The van der Waals surface area contributed by atoms with Gasteiger partial charge in [0.15, 0.2) is 5.78 Å². The summed E-state index contributed by atoms with van der Waals surface area (Å²) in [6.45, 7) is 1.60. The van der Waals surface area contributed by atoms with E-state index in [1.165, 1.54) is 6.07 Å². The van der Waals surface area contributed by atoms with Crippen molar-refractivity contribution in [2.75, 3.05) is 10.8 Å². The highest BCUT2D eigenvalue weighted by Gasteiger charge is 2.33. The summed E-state index contributed by atoms with van der Waals surface area (Å²) in [5, 5.41) is 0. The molecule has 3 rings (SSSR count). The fourth-order valence-corrected chi connectivity index (χ4v) is 4.54. The SMILES string of the molecule is CCN(c1ccc2c(c1)C(=O)CC2)S(=O)(=O)c1cccc(C(F)(F)F)c1. The van der Waals surface area contributed by atoms with E-state index in [0.717, 1.165) is 28.1 Å². The van der Waals surface area contributed by atoms with Gasteiger partial charge in [-0.15, -0.1) is 0 Å². The molecule has 138 valence electrons. The van der Waals surface area contributed by atoms with Crippen LogP contribution in [-0.2, 0) is 22.6 Å². The maximum absolute atomic E-state index is 12.9. The van der Waals surface area contributed by atoms with Crippen molar-refractivity contribution in [2.45, 2.75) is 30.8 Å². The molecule has 0 saturated heterocycles. The van der Waals surface area contributed by atoms with Crippen LogP contribution in [0.3, 0.4) is 0 Å². The van der Waals surface area contributed by atoms with Crippen molar-refractivity contribution in [3.8, 4) is 0 Å². The number of carbonyl (C=O) groups is 1. The maximum Gasteiger partial charge on any atom is 0.416 e. The highest BCUT2D eigenvalue weighted by atomic mass is 32.2. The molecule has 0 heterocycles. The fraction of sp³-hybridized carbons (Fsp3) is 0.278. The topological polar surface area (TPSA) is 54.5 Å². The summed E-state index contributed by atoms with van der Waals surface area (Å²) in [5.41, 5.74) is 0.559. The van der Waals surface area contributed by atoms with E-state index in [0.29, 0.717) is 24.5 Å². The predicted molar refractivity (Wildman–Crippen MR) is 90.7 cm³/mol. The summed E-state index contributed by atoms with van der Waals surface area (Å²) in [7, 11) is -4.20. The van der Waals surface area contributed by atoms with E-state index >= 15 is 0 Å². The lowest BCUT2D eigenvalue weighted by Gasteiger charge is -2.24. The van der Waals surface area contributed by atoms with Gasteiger partial charge >= 0.3 is 6.18 Å². The highest BCUT2D eigenvalue weighted by Crippen LogP contribution is 2.33. The van der Waals surface area contributed by atoms with E-state index in [2.05, 4.69) is 0 Å². The fourth-order valence-electron chi connectivity index (χ4n) is 3.03. The van der Waals surface area contributed by atoms with Gasteiger partial charge in [0.25, 0.3) is 10.0 Å². The number of sulfonamides is 1. The Hall–Kier alpha value is -2.35. The Bertz CT molecular complexity index is 968. The molecule has 0 spiro atoms. The number of aryl methyl sites for hydroxylation is 1. The molecule has 0 saturated carbocycles. The summed E-state index contributed by atoms with van der Waals surface area (Å²) in [4.78, 5) is 11.5. The Labute approximate surface area is 149 Å². The van der Waals surface area contributed by atoms with Gasteiger partial charge in [-0.25, -0.2) is 8.42 Å². The first-order chi connectivity index (χ1) is 12.1. The van der Waals surface area contributed by atoms with Crippen molar-refractivity contribution < 1.29 is 26.4 Å². The number of halogens is 3. The third kappa shape index (κ3) is 3.21. The zero-order valence-electron chi connectivity index (χ0n) is 13.9. The van der Waals surface area contributed by atoms with Crippen LogP contribution in [0.2, 0.25) is 0 Å². The average molecular weight is 383 g/mol. The molecule has 0 radical (unpaired) electrons. The third-order valence-corrected chi connectivity index (χ3v) is 6.24. The summed E-state index contributed by atoms with van der Waals surface area (Å²) in [5.74, 6) is -0.0608. The summed E-state index contributed by atoms with van der Waals surface area (Å²) < 4.78 is 65.5. The number of hydrogen-bond donors (Lipinski definition) is 0. The van der Waals surface area contributed by atoms with Crippen LogP contribution in [0.25, 0.3) is 0 Å². The van der Waals surface area contributed by atoms with E-state index in [1.54, 1.807) is 19.1 Å². The van der Waals surface area contributed by atoms with Crippen molar-refractivity contribution in [3.05, 3.63) is 59.2 Å². The van der Waals surface area contributed by atoms with Crippen LogP contribution in [0.5, 0.6) is 0 Å². The van der Waals surface area contributed by atoms with Crippen molar-refractivity contribution in [1.82, 2.24) is 0 Å². The number of anilines is 1. The molecule has 1 aliphatic rings. The van der Waals surface area contributed by atoms with Crippen LogP contribution < -0.4 is 4.31 Å². The number of nitrogens with zero attached hydrogens (tertiary/aromatic N) is 1. The van der Waals surface area contributed by atoms with Gasteiger partial charge in [-0.1, -0.05) is 12.1 Å². The number of rotatable bonds is 4. The Morgan fingerprint density at radius 3 is 2.46 bits per heavy atom. The lowest BCUT2D eigenvalue weighted by Crippen LogP contribution is -2.31. The van der Waals surface area contributed by atoms with Gasteiger partial charge in [-0.05, 0) is 49.2 Å². The van der Waals surface area contributed by atoms with Gasteiger partial charge in [0.1, 0.15) is 0 Å². The molecule has 0 atom stereocenters. The lowest BCUT2D eigenvalue weighted by molar-refractivity contribution is -0.137. The van der Waals surface area contributed by atoms with Gasteiger partial charge in [-0.3, -0.25) is 9.10 Å². The second kappa shape index (κ2) is 6.42. The zero-order chi connectivity index (χ0) is 19.1. The van der Waals surface area contributed by atoms with Crippen LogP contribution in [0.4, 0.5) is 18.9 Å². The van der Waals surface area contributed by atoms with Crippen molar-refractivity contribution in [1.29, 1.82) is 0 Å². The Morgan fingerprint density at radius 2 is 1.81 bits per heavy atom. The zero-order valence-corrected chi connectivity index (χ0v) is 14.7. The molecule has 26 heavy (non-hydrogen) atoms. The van der Waals surface area contributed by atoms with Gasteiger partial charge in [-0.2, -0.15) is 13.2 Å². The number of hydrogen-bond acceptors (Lipinski definition) is 3. The number of fused-ring (bicyclic) bond motifs is 1. The summed E-state index contributed by atoms with van der Waals surface area (Å²) in [6.07, 6.45) is -3.64. The van der Waals surface area contributed by atoms with Crippen LogP contribution in [0.15, 0.2) is 47.4 Å². The lowest BCUT2D eigenvalue weighted by atomic mass is 10.1. The molecule has 2 aromatic rings. The first-order valence-corrected chi connectivity index (χ1v) is 9.44. The third-order valence-electron chi connectivity index (χ3n) is 4.34. The van der Waals surface area contributed by atoms with Crippen molar-refractivity contribution in [2.24, 2.45) is 0 Å². The van der Waals surface area contributed by atoms with Crippen molar-refractivity contribution >= 4 is 21.5 Å². The molecule has 2 aromatic carbocycles. The molecule has 1 aliphatic carbocycles. The van der Waals surface area contributed by atoms with Crippen LogP contribution in [0.1, 0.15) is 34.8 Å². The van der Waals surface area contributed by atoms with Crippen molar-refractivity contribution in [3.63, 3.8) is 0 Å². The smallest absolute Gasteiger partial charge is 0.294 e. The van der Waals surface area contributed by atoms with E-state index in [-0.39, 0.29) is 18.0 Å². The Morgan fingerprint density at radius 1 is 1.08 bits per heavy atom. The molecule has 0 aliphatic heterocycles. The van der Waals surface area contributed by atoms with Crippen LogP contribution in [-0.4, -0.2) is 20.7 Å². The quantitative estimate of drug-likeness (QED) is 0.800. The van der Waals surface area contributed by atoms with Crippen LogP contribution in [0, 0.1) is 0 Å². The Balaban J connectivity index is 2.05.